The van der Waals surface area contributed by atoms with Gasteiger partial charge in [0.25, 0.3) is 5.91 Å². The second-order valence-electron chi connectivity index (χ2n) is 6.53. The molecule has 0 spiro atoms. The zero-order valence-electron chi connectivity index (χ0n) is 15.1. The van der Waals surface area contributed by atoms with Crippen LogP contribution in [0.25, 0.3) is 0 Å². The average Bonchev–Trinajstić information content (AvgIpc) is 3.29. The minimum absolute atomic E-state index is 0.0186. The molecule has 1 aliphatic heterocycles. The maximum Gasteiger partial charge on any atom is 0.270 e. The number of amides is 1. The third kappa shape index (κ3) is 4.38. The van der Waals surface area contributed by atoms with Crippen LogP contribution in [-0.4, -0.2) is 63.6 Å². The summed E-state index contributed by atoms with van der Waals surface area (Å²) in [5.74, 6) is -0.203. The second-order valence-corrected chi connectivity index (χ2v) is 8.30. The maximum atomic E-state index is 12.8. The Kier molecular flexibility index (Phi) is 5.95. The minimum Gasteiger partial charge on any atom is -0.383 e. The molecule has 0 aliphatic carbocycles. The van der Waals surface area contributed by atoms with Crippen molar-refractivity contribution in [1.29, 1.82) is 0 Å². The van der Waals surface area contributed by atoms with Crippen LogP contribution in [0.4, 0.5) is 0 Å². The highest BCUT2D eigenvalue weighted by atomic mass is 32.2. The van der Waals surface area contributed by atoms with E-state index in [0.29, 0.717) is 13.1 Å². The van der Waals surface area contributed by atoms with Crippen molar-refractivity contribution < 1.29 is 17.9 Å². The molecule has 1 aliphatic rings. The van der Waals surface area contributed by atoms with E-state index in [1.165, 1.54) is 19.4 Å². The first-order valence-electron chi connectivity index (χ1n) is 8.69. The lowest BCUT2D eigenvalue weighted by Gasteiger charge is -2.15. The summed E-state index contributed by atoms with van der Waals surface area (Å²) in [5.41, 5.74) is 7.56. The van der Waals surface area contributed by atoms with Crippen molar-refractivity contribution in [2.75, 3.05) is 33.4 Å². The van der Waals surface area contributed by atoms with Gasteiger partial charge in [-0.2, -0.15) is 0 Å². The van der Waals surface area contributed by atoms with Gasteiger partial charge in [0.15, 0.2) is 0 Å². The number of methoxy groups -OCH3 is 1. The van der Waals surface area contributed by atoms with Crippen molar-refractivity contribution in [1.82, 2.24) is 14.6 Å². The van der Waals surface area contributed by atoms with E-state index < -0.39 is 10.0 Å². The second kappa shape index (κ2) is 8.22. The standard InChI is InChI=1S/C18H24N4O4S/c1-26-8-7-21-27(24,25)14-9-17(20-10-14)18(23)22-11-15(16(19)12-22)13-5-3-2-4-6-13/h2-6,9-10,15-16,20-21H,7-8,11-12,19H2,1H3/t15-,16+/m0/s1. The van der Waals surface area contributed by atoms with E-state index in [9.17, 15) is 13.2 Å². The molecule has 0 saturated carbocycles. The Balaban J connectivity index is 1.69. The molecule has 3 rings (SSSR count). The highest BCUT2D eigenvalue weighted by Gasteiger charge is 2.34. The summed E-state index contributed by atoms with van der Waals surface area (Å²) in [5, 5.41) is 0. The zero-order chi connectivity index (χ0) is 19.4. The number of nitrogens with zero attached hydrogens (tertiary/aromatic N) is 1. The van der Waals surface area contributed by atoms with Crippen molar-refractivity contribution >= 4 is 15.9 Å². The molecule has 2 aromatic rings. The molecule has 1 aromatic heterocycles. The predicted octanol–water partition coefficient (Wildman–Crippen LogP) is 0.506. The molecular weight excluding hydrogens is 368 g/mol. The zero-order valence-corrected chi connectivity index (χ0v) is 15.9. The number of carbonyl (C=O) groups excluding carboxylic acids is 1. The van der Waals surface area contributed by atoms with Gasteiger partial charge in [-0.25, -0.2) is 13.1 Å². The van der Waals surface area contributed by atoms with Crippen molar-refractivity contribution in [2.45, 2.75) is 16.9 Å². The van der Waals surface area contributed by atoms with E-state index >= 15 is 0 Å². The van der Waals surface area contributed by atoms with Crippen LogP contribution >= 0.6 is 0 Å². The van der Waals surface area contributed by atoms with Gasteiger partial charge in [-0.1, -0.05) is 30.3 Å². The highest BCUT2D eigenvalue weighted by molar-refractivity contribution is 7.89. The third-order valence-corrected chi connectivity index (χ3v) is 6.12. The van der Waals surface area contributed by atoms with E-state index in [2.05, 4.69) is 9.71 Å². The lowest BCUT2D eigenvalue weighted by molar-refractivity contribution is 0.0784. The Morgan fingerprint density at radius 3 is 2.78 bits per heavy atom. The Labute approximate surface area is 158 Å². The quantitative estimate of drug-likeness (QED) is 0.594. The van der Waals surface area contributed by atoms with Gasteiger partial charge in [0.2, 0.25) is 10.0 Å². The van der Waals surface area contributed by atoms with Crippen LogP contribution < -0.4 is 10.5 Å². The molecule has 1 amide bonds. The number of ether oxygens (including phenoxy) is 1. The normalized spacial score (nSPS) is 20.1. The highest BCUT2D eigenvalue weighted by Crippen LogP contribution is 2.27. The van der Waals surface area contributed by atoms with Gasteiger partial charge < -0.3 is 20.4 Å². The number of rotatable bonds is 7. The Morgan fingerprint density at radius 2 is 2.07 bits per heavy atom. The van der Waals surface area contributed by atoms with Crippen LogP contribution in [0, 0.1) is 0 Å². The SMILES string of the molecule is COCCNS(=O)(=O)c1c[nH]c(C(=O)N2C[C@@H](N)[C@H](c3ccccc3)C2)c1. The van der Waals surface area contributed by atoms with Crippen LogP contribution in [0.1, 0.15) is 22.0 Å². The van der Waals surface area contributed by atoms with E-state index in [-0.39, 0.29) is 41.6 Å². The number of aromatic amines is 1. The number of nitrogens with two attached hydrogens (primary N) is 1. The summed E-state index contributed by atoms with van der Waals surface area (Å²) in [6.07, 6.45) is 1.31. The van der Waals surface area contributed by atoms with Gasteiger partial charge in [-0.05, 0) is 11.6 Å². The van der Waals surface area contributed by atoms with Crippen molar-refractivity contribution in [3.05, 3.63) is 53.9 Å². The van der Waals surface area contributed by atoms with Crippen molar-refractivity contribution in [3.63, 3.8) is 0 Å². The number of H-pyrrole nitrogens is 1. The lowest BCUT2D eigenvalue weighted by atomic mass is 9.95. The van der Waals surface area contributed by atoms with E-state index in [1.807, 2.05) is 30.3 Å². The van der Waals surface area contributed by atoms with E-state index in [1.54, 1.807) is 4.90 Å². The van der Waals surface area contributed by atoms with Crippen LogP contribution in [-0.2, 0) is 14.8 Å². The summed E-state index contributed by atoms with van der Waals surface area (Å²) in [7, 11) is -2.20. The van der Waals surface area contributed by atoms with Crippen LogP contribution in [0.3, 0.4) is 0 Å². The predicted molar refractivity (Wildman–Crippen MR) is 101 cm³/mol. The molecule has 0 radical (unpaired) electrons. The first-order valence-corrected chi connectivity index (χ1v) is 10.2. The number of hydrogen-bond donors (Lipinski definition) is 3. The number of sulfonamides is 1. The maximum absolute atomic E-state index is 12.8. The molecule has 2 heterocycles. The van der Waals surface area contributed by atoms with Crippen molar-refractivity contribution in [2.24, 2.45) is 5.73 Å². The van der Waals surface area contributed by atoms with Gasteiger partial charge in [-0.3, -0.25) is 4.79 Å². The van der Waals surface area contributed by atoms with Crippen LogP contribution in [0.2, 0.25) is 0 Å². The van der Waals surface area contributed by atoms with Gasteiger partial charge in [-0.15, -0.1) is 0 Å². The molecule has 1 saturated heterocycles. The largest absolute Gasteiger partial charge is 0.383 e. The number of benzene rings is 1. The Hall–Kier alpha value is -2.20. The topological polar surface area (TPSA) is 118 Å². The monoisotopic (exact) mass is 392 g/mol. The Bertz CT molecular complexity index is 882. The number of aromatic nitrogens is 1. The van der Waals surface area contributed by atoms with Gasteiger partial charge >= 0.3 is 0 Å². The molecule has 2 atom stereocenters. The average molecular weight is 392 g/mol. The van der Waals surface area contributed by atoms with E-state index in [4.69, 9.17) is 10.5 Å². The number of nitrogens with one attached hydrogen (secondary N) is 2. The smallest absolute Gasteiger partial charge is 0.270 e. The summed E-state index contributed by atoms with van der Waals surface area (Å²) < 4.78 is 31.7. The lowest BCUT2D eigenvalue weighted by Crippen LogP contribution is -2.32. The third-order valence-electron chi connectivity index (χ3n) is 4.68. The number of carbonyl (C=O) groups is 1. The summed E-state index contributed by atoms with van der Waals surface area (Å²) in [6, 6.07) is 11.0. The molecule has 0 unspecified atom stereocenters. The summed E-state index contributed by atoms with van der Waals surface area (Å²) in [6.45, 7) is 1.35. The molecule has 27 heavy (non-hydrogen) atoms. The number of hydrogen-bond acceptors (Lipinski definition) is 5. The van der Waals surface area contributed by atoms with Gasteiger partial charge in [0.1, 0.15) is 10.6 Å². The van der Waals surface area contributed by atoms with Gasteiger partial charge in [0, 0.05) is 44.9 Å². The summed E-state index contributed by atoms with van der Waals surface area (Å²) >= 11 is 0. The molecule has 4 N–H and O–H groups in total. The molecular formula is C18H24N4O4S. The van der Waals surface area contributed by atoms with Crippen LogP contribution in [0.5, 0.6) is 0 Å². The molecule has 1 fully saturated rings. The molecule has 1 aromatic carbocycles. The van der Waals surface area contributed by atoms with Crippen LogP contribution in [0.15, 0.2) is 47.5 Å². The fourth-order valence-electron chi connectivity index (χ4n) is 3.23. The van der Waals surface area contributed by atoms with E-state index in [0.717, 1.165) is 5.56 Å². The first kappa shape index (κ1) is 19.6. The fraction of sp³-hybridized carbons (Fsp3) is 0.389. The summed E-state index contributed by atoms with van der Waals surface area (Å²) in [4.78, 5) is 17.2. The molecule has 9 heteroatoms. The Morgan fingerprint density at radius 1 is 1.33 bits per heavy atom. The van der Waals surface area contributed by atoms with Crippen molar-refractivity contribution in [3.8, 4) is 0 Å². The minimum atomic E-state index is -3.69. The molecule has 0 bridgehead atoms. The first-order chi connectivity index (χ1) is 12.9. The molecule has 146 valence electrons. The molecule has 8 nitrogen and oxygen atoms in total. The van der Waals surface area contributed by atoms with Gasteiger partial charge in [0.05, 0.1) is 6.61 Å². The fourth-order valence-corrected chi connectivity index (χ4v) is 4.24. The number of likely N-dealkylation sites (tertiary alicyclic amines) is 1.